The molecule has 1 aliphatic heterocycles. The zero-order chi connectivity index (χ0) is 21.0. The fourth-order valence-electron chi connectivity index (χ4n) is 2.98. The van der Waals surface area contributed by atoms with Crippen LogP contribution in [-0.2, 0) is 38.6 Å². The maximum Gasteiger partial charge on any atom is 0.341 e. The van der Waals surface area contributed by atoms with Crippen molar-refractivity contribution in [1.82, 2.24) is 10.3 Å². The van der Waals surface area contributed by atoms with E-state index in [2.05, 4.69) is 15.6 Å². The summed E-state index contributed by atoms with van der Waals surface area (Å²) in [6, 6.07) is 3.48. The Labute approximate surface area is 172 Å². The van der Waals surface area contributed by atoms with Gasteiger partial charge in [-0.05, 0) is 44.0 Å². The van der Waals surface area contributed by atoms with Crippen molar-refractivity contribution >= 4 is 34.1 Å². The predicted octanol–water partition coefficient (Wildman–Crippen LogP) is 2.43. The van der Waals surface area contributed by atoms with E-state index < -0.39 is 23.4 Å². The van der Waals surface area contributed by atoms with E-state index in [1.807, 2.05) is 13.8 Å². The van der Waals surface area contributed by atoms with Crippen LogP contribution in [0.25, 0.3) is 0 Å². The summed E-state index contributed by atoms with van der Waals surface area (Å²) in [5, 5.41) is 5.43. The van der Waals surface area contributed by atoms with Gasteiger partial charge in [0.05, 0.1) is 24.4 Å². The van der Waals surface area contributed by atoms with Crippen LogP contribution < -0.4 is 10.6 Å². The smallest absolute Gasteiger partial charge is 0.341 e. The van der Waals surface area contributed by atoms with E-state index in [0.717, 1.165) is 16.0 Å². The molecule has 3 rings (SSSR count). The molecule has 0 saturated carbocycles. The van der Waals surface area contributed by atoms with Crippen LogP contribution in [0.5, 0.6) is 0 Å². The Kier molecular flexibility index (Phi) is 6.29. The standard InChI is InChI=1S/C20H23N3O5S/c1-4-27-19(26)15-13-9-20(2,3)28-11-14(13)29-18(15)23-17(25)16(24)22-10-12-5-7-21-8-6-12/h5-8H,4,9-11H2,1-3H3,(H,22,24)(H,23,25). The molecule has 8 nitrogen and oxygen atoms in total. The summed E-state index contributed by atoms with van der Waals surface area (Å²) in [6.45, 7) is 6.34. The molecule has 2 aromatic rings. The Morgan fingerprint density at radius 2 is 1.97 bits per heavy atom. The molecule has 9 heteroatoms. The zero-order valence-corrected chi connectivity index (χ0v) is 17.4. The van der Waals surface area contributed by atoms with Crippen molar-refractivity contribution in [2.75, 3.05) is 11.9 Å². The number of hydrogen-bond acceptors (Lipinski definition) is 7. The predicted molar refractivity (Wildman–Crippen MR) is 108 cm³/mol. The van der Waals surface area contributed by atoms with E-state index in [4.69, 9.17) is 9.47 Å². The Morgan fingerprint density at radius 3 is 2.66 bits per heavy atom. The molecule has 0 radical (unpaired) electrons. The second kappa shape index (κ2) is 8.71. The molecule has 0 fully saturated rings. The molecule has 1 aliphatic rings. The number of pyridine rings is 1. The fraction of sp³-hybridized carbons (Fsp3) is 0.400. The number of aromatic nitrogens is 1. The van der Waals surface area contributed by atoms with Crippen LogP contribution in [0.4, 0.5) is 5.00 Å². The van der Waals surface area contributed by atoms with Gasteiger partial charge < -0.3 is 20.1 Å². The summed E-state index contributed by atoms with van der Waals surface area (Å²) in [5.74, 6) is -2.15. The fourth-order valence-corrected chi connectivity index (χ4v) is 4.10. The molecule has 3 heterocycles. The number of carbonyl (C=O) groups is 3. The first-order valence-electron chi connectivity index (χ1n) is 9.24. The van der Waals surface area contributed by atoms with Gasteiger partial charge in [0.2, 0.25) is 0 Å². The number of fused-ring (bicyclic) bond motifs is 1. The van der Waals surface area contributed by atoms with E-state index in [9.17, 15) is 14.4 Å². The van der Waals surface area contributed by atoms with Crippen molar-refractivity contribution in [2.24, 2.45) is 0 Å². The highest BCUT2D eigenvalue weighted by Crippen LogP contribution is 2.40. The minimum Gasteiger partial charge on any atom is -0.462 e. The molecule has 0 saturated heterocycles. The largest absolute Gasteiger partial charge is 0.462 e. The van der Waals surface area contributed by atoms with E-state index in [0.29, 0.717) is 23.6 Å². The molecular weight excluding hydrogens is 394 g/mol. The summed E-state index contributed by atoms with van der Waals surface area (Å²) in [5.41, 5.74) is 1.49. The maximum atomic E-state index is 12.6. The minimum atomic E-state index is -0.844. The van der Waals surface area contributed by atoms with E-state index in [-0.39, 0.29) is 13.2 Å². The first-order chi connectivity index (χ1) is 13.8. The number of nitrogens with one attached hydrogen (secondary N) is 2. The molecule has 0 atom stereocenters. The topological polar surface area (TPSA) is 107 Å². The third kappa shape index (κ3) is 4.99. The first-order valence-corrected chi connectivity index (χ1v) is 10.1. The highest BCUT2D eigenvalue weighted by atomic mass is 32.1. The molecular formula is C20H23N3O5S. The summed E-state index contributed by atoms with van der Waals surface area (Å²) in [7, 11) is 0. The van der Waals surface area contributed by atoms with Crippen LogP contribution in [0, 0.1) is 0 Å². The Balaban J connectivity index is 1.77. The average Bonchev–Trinajstić information content (AvgIpc) is 3.02. The molecule has 0 spiro atoms. The Morgan fingerprint density at radius 1 is 1.24 bits per heavy atom. The van der Waals surface area contributed by atoms with Gasteiger partial charge in [0.25, 0.3) is 0 Å². The van der Waals surface area contributed by atoms with Crippen LogP contribution in [0.2, 0.25) is 0 Å². The van der Waals surface area contributed by atoms with Crippen LogP contribution >= 0.6 is 11.3 Å². The van der Waals surface area contributed by atoms with Gasteiger partial charge in [0, 0.05) is 30.2 Å². The van der Waals surface area contributed by atoms with Crippen molar-refractivity contribution in [1.29, 1.82) is 0 Å². The molecule has 0 unspecified atom stereocenters. The maximum absolute atomic E-state index is 12.6. The number of hydrogen-bond donors (Lipinski definition) is 2. The van der Waals surface area contributed by atoms with Gasteiger partial charge in [0.1, 0.15) is 5.00 Å². The monoisotopic (exact) mass is 417 g/mol. The highest BCUT2D eigenvalue weighted by molar-refractivity contribution is 7.17. The lowest BCUT2D eigenvalue weighted by atomic mass is 9.93. The van der Waals surface area contributed by atoms with Gasteiger partial charge in [-0.25, -0.2) is 4.79 Å². The van der Waals surface area contributed by atoms with E-state index in [1.165, 1.54) is 11.3 Å². The summed E-state index contributed by atoms with van der Waals surface area (Å²) >= 11 is 1.23. The van der Waals surface area contributed by atoms with Crippen molar-refractivity contribution in [3.8, 4) is 0 Å². The zero-order valence-electron chi connectivity index (χ0n) is 16.5. The molecule has 0 aromatic carbocycles. The Bertz CT molecular complexity index is 924. The quantitative estimate of drug-likeness (QED) is 0.572. The number of rotatable bonds is 5. The number of thiophene rings is 1. The molecule has 154 valence electrons. The number of ether oxygens (including phenoxy) is 2. The van der Waals surface area contributed by atoms with Gasteiger partial charge in [-0.15, -0.1) is 11.3 Å². The summed E-state index contributed by atoms with van der Waals surface area (Å²) in [6.07, 6.45) is 3.72. The van der Waals surface area contributed by atoms with Gasteiger partial charge in [-0.2, -0.15) is 0 Å². The van der Waals surface area contributed by atoms with Crippen molar-refractivity contribution < 1.29 is 23.9 Å². The van der Waals surface area contributed by atoms with Crippen molar-refractivity contribution in [2.45, 2.75) is 45.9 Å². The van der Waals surface area contributed by atoms with Crippen molar-refractivity contribution in [3.05, 3.63) is 46.1 Å². The SMILES string of the molecule is CCOC(=O)c1c(NC(=O)C(=O)NCc2ccncc2)sc2c1CC(C)(C)OC2. The second-order valence-corrected chi connectivity index (χ2v) is 8.25. The second-order valence-electron chi connectivity index (χ2n) is 7.15. The number of esters is 1. The first kappa shape index (κ1) is 20.9. The molecule has 0 aliphatic carbocycles. The van der Waals surface area contributed by atoms with E-state index in [1.54, 1.807) is 31.5 Å². The highest BCUT2D eigenvalue weighted by Gasteiger charge is 2.34. The normalized spacial score (nSPS) is 14.6. The van der Waals surface area contributed by atoms with Gasteiger partial charge in [-0.3, -0.25) is 14.6 Å². The van der Waals surface area contributed by atoms with Gasteiger partial charge in [0.15, 0.2) is 0 Å². The lowest BCUT2D eigenvalue weighted by Crippen LogP contribution is -2.35. The van der Waals surface area contributed by atoms with Crippen LogP contribution in [0.3, 0.4) is 0 Å². The third-order valence-electron chi connectivity index (χ3n) is 4.40. The lowest BCUT2D eigenvalue weighted by molar-refractivity contribution is -0.136. The third-order valence-corrected chi connectivity index (χ3v) is 5.52. The van der Waals surface area contributed by atoms with Crippen LogP contribution in [0.15, 0.2) is 24.5 Å². The van der Waals surface area contributed by atoms with Crippen LogP contribution in [-0.4, -0.2) is 35.0 Å². The number of anilines is 1. The molecule has 2 N–H and O–H groups in total. The van der Waals surface area contributed by atoms with Gasteiger partial charge >= 0.3 is 17.8 Å². The van der Waals surface area contributed by atoms with Crippen molar-refractivity contribution in [3.63, 3.8) is 0 Å². The number of nitrogens with zero attached hydrogens (tertiary/aromatic N) is 1. The molecule has 2 amide bonds. The summed E-state index contributed by atoms with van der Waals surface area (Å²) in [4.78, 5) is 41.9. The number of amides is 2. The molecule has 29 heavy (non-hydrogen) atoms. The lowest BCUT2D eigenvalue weighted by Gasteiger charge is -2.30. The van der Waals surface area contributed by atoms with E-state index >= 15 is 0 Å². The van der Waals surface area contributed by atoms with Gasteiger partial charge in [-0.1, -0.05) is 0 Å². The number of carbonyl (C=O) groups excluding carboxylic acids is 3. The summed E-state index contributed by atoms with van der Waals surface area (Å²) < 4.78 is 11.0. The van der Waals surface area contributed by atoms with Crippen LogP contribution in [0.1, 0.15) is 47.1 Å². The Hall–Kier alpha value is -2.78. The molecule has 0 bridgehead atoms. The average molecular weight is 417 g/mol. The minimum absolute atomic E-state index is 0.197. The molecule has 2 aromatic heterocycles.